The van der Waals surface area contributed by atoms with Gasteiger partial charge in [-0.1, -0.05) is 51.0 Å². The summed E-state index contributed by atoms with van der Waals surface area (Å²) in [4.78, 5) is 29.9. The van der Waals surface area contributed by atoms with Crippen molar-refractivity contribution in [1.82, 2.24) is 15.0 Å². The van der Waals surface area contributed by atoms with Crippen LogP contribution >= 0.6 is 0 Å². The number of nitrogens with one attached hydrogen (secondary N) is 2. The number of unbranched alkanes of at least 4 members (excludes halogenated alkanes) is 1. The second-order valence-corrected chi connectivity index (χ2v) is 16.2. The lowest BCUT2D eigenvalue weighted by Crippen LogP contribution is -2.34. The van der Waals surface area contributed by atoms with Crippen LogP contribution in [0.3, 0.4) is 0 Å². The van der Waals surface area contributed by atoms with Gasteiger partial charge < -0.3 is 14.5 Å². The summed E-state index contributed by atoms with van der Waals surface area (Å²) in [5.74, 6) is 0.578. The minimum Gasteiger partial charge on any atom is -0.448 e. The molecular formula is C35H46FN3O6S. The fourth-order valence-electron chi connectivity index (χ4n) is 7.79. The maximum atomic E-state index is 14.5. The number of aromatic nitrogens is 1. The molecule has 250 valence electrons. The van der Waals surface area contributed by atoms with Gasteiger partial charge in [0, 0.05) is 18.5 Å². The predicted octanol–water partition coefficient (Wildman–Crippen LogP) is 5.91. The number of halogens is 1. The summed E-state index contributed by atoms with van der Waals surface area (Å²) in [6.07, 6.45) is 17.3. The van der Waals surface area contributed by atoms with Crippen LogP contribution in [0, 0.1) is 29.5 Å². The first-order valence-electron chi connectivity index (χ1n) is 17.0. The van der Waals surface area contributed by atoms with Crippen molar-refractivity contribution < 1.29 is 31.6 Å². The van der Waals surface area contributed by atoms with Gasteiger partial charge in [-0.25, -0.2) is 22.5 Å². The van der Waals surface area contributed by atoms with E-state index in [0.29, 0.717) is 42.0 Å². The van der Waals surface area contributed by atoms with Crippen LogP contribution in [0.15, 0.2) is 35.0 Å². The Morgan fingerprint density at radius 3 is 2.63 bits per heavy atom. The standard InChI is InChI=1S/C35H46FN3O6S/c1-21(2)46(42,43)39-30(40)16-12-23-11-13-25(36)18-24(23)19-27-31(26-14-15-29-33(26)45-29)32(27)35-38-28(20-44-35)34(41)37-17-7-6-10-22-8-4-3-5-9-22/h11-13,16,18,20-22,26-27,29,31-33H,3-10,14-15,17,19H2,1-2H3,(H,37,41)(H,39,40). The maximum absolute atomic E-state index is 14.5. The quantitative estimate of drug-likeness (QED) is 0.147. The fraction of sp³-hybridized carbons (Fsp3) is 0.629. The molecule has 1 aliphatic heterocycles. The van der Waals surface area contributed by atoms with Crippen LogP contribution in [0.1, 0.15) is 111 Å². The van der Waals surface area contributed by atoms with E-state index in [-0.39, 0.29) is 35.5 Å². The summed E-state index contributed by atoms with van der Waals surface area (Å²) in [7, 11) is -3.77. The van der Waals surface area contributed by atoms with Crippen LogP contribution in [0.2, 0.25) is 0 Å². The van der Waals surface area contributed by atoms with E-state index in [4.69, 9.17) is 9.15 Å². The van der Waals surface area contributed by atoms with Gasteiger partial charge >= 0.3 is 0 Å². The second kappa shape index (κ2) is 14.0. The van der Waals surface area contributed by atoms with Crippen LogP contribution in [0.5, 0.6) is 0 Å². The van der Waals surface area contributed by atoms with Crippen LogP contribution in [-0.4, -0.2) is 49.2 Å². The first kappa shape index (κ1) is 32.9. The molecule has 0 bridgehead atoms. The van der Waals surface area contributed by atoms with E-state index in [9.17, 15) is 22.4 Å². The van der Waals surface area contributed by atoms with Gasteiger partial charge in [0.2, 0.25) is 10.0 Å². The van der Waals surface area contributed by atoms with Gasteiger partial charge in [-0.15, -0.1) is 0 Å². The highest BCUT2D eigenvalue weighted by atomic mass is 32.2. The fourth-order valence-corrected chi connectivity index (χ4v) is 8.37. The Morgan fingerprint density at radius 1 is 1.11 bits per heavy atom. The number of hydrogen-bond acceptors (Lipinski definition) is 7. The van der Waals surface area contributed by atoms with Crippen LogP contribution in [0.25, 0.3) is 6.08 Å². The molecular weight excluding hydrogens is 609 g/mol. The number of carbonyl (C=O) groups is 2. The molecule has 3 saturated carbocycles. The van der Waals surface area contributed by atoms with Crippen molar-refractivity contribution in [2.45, 2.75) is 108 Å². The SMILES string of the molecule is CC(C)S(=O)(=O)NC(=O)C=Cc1ccc(F)cc1CC1C(c2nc(C(=O)NCCCCC3CCCCC3)co2)C1C1CCC2OC21. The number of carbonyl (C=O) groups excluding carboxylic acids is 2. The number of epoxide rings is 1. The highest BCUT2D eigenvalue weighted by Gasteiger charge is 2.64. The zero-order chi connectivity index (χ0) is 32.4. The van der Waals surface area contributed by atoms with Gasteiger partial charge in [-0.3, -0.25) is 9.59 Å². The highest BCUT2D eigenvalue weighted by molar-refractivity contribution is 7.90. The summed E-state index contributed by atoms with van der Waals surface area (Å²) in [6, 6.07) is 4.38. The molecule has 6 atom stereocenters. The van der Waals surface area contributed by atoms with E-state index >= 15 is 0 Å². The molecule has 46 heavy (non-hydrogen) atoms. The van der Waals surface area contributed by atoms with Crippen LogP contribution in [-0.2, 0) is 26.0 Å². The third-order valence-electron chi connectivity index (χ3n) is 10.5. The molecule has 9 nitrogen and oxygen atoms in total. The molecule has 4 aliphatic rings. The monoisotopic (exact) mass is 655 g/mol. The first-order chi connectivity index (χ1) is 22.1. The van der Waals surface area contributed by atoms with E-state index in [1.807, 2.05) is 4.72 Å². The number of amides is 2. The van der Waals surface area contributed by atoms with Crippen molar-refractivity contribution in [1.29, 1.82) is 0 Å². The average molecular weight is 656 g/mol. The van der Waals surface area contributed by atoms with E-state index in [2.05, 4.69) is 10.3 Å². The summed E-state index contributed by atoms with van der Waals surface area (Å²) in [5.41, 5.74) is 1.61. The molecule has 2 amide bonds. The Balaban J connectivity index is 1.10. The zero-order valence-electron chi connectivity index (χ0n) is 26.8. The molecule has 6 unspecified atom stereocenters. The lowest BCUT2D eigenvalue weighted by molar-refractivity contribution is -0.114. The first-order valence-corrected chi connectivity index (χ1v) is 18.6. The number of ether oxygens (including phenoxy) is 1. The predicted molar refractivity (Wildman–Crippen MR) is 172 cm³/mol. The molecule has 0 radical (unpaired) electrons. The van der Waals surface area contributed by atoms with Gasteiger partial charge in [0.25, 0.3) is 11.8 Å². The van der Waals surface area contributed by atoms with E-state index in [1.165, 1.54) is 76.8 Å². The van der Waals surface area contributed by atoms with Gasteiger partial charge in [0.15, 0.2) is 11.6 Å². The normalized spacial score (nSPS) is 27.6. The minimum atomic E-state index is -3.77. The Morgan fingerprint density at radius 2 is 1.91 bits per heavy atom. The molecule has 1 saturated heterocycles. The minimum absolute atomic E-state index is 0.0374. The molecule has 2 aromatic rings. The summed E-state index contributed by atoms with van der Waals surface area (Å²) in [6.45, 7) is 3.59. The van der Waals surface area contributed by atoms with Gasteiger partial charge in [0.1, 0.15) is 12.1 Å². The summed E-state index contributed by atoms with van der Waals surface area (Å²) in [5, 5.41) is 2.24. The third kappa shape index (κ3) is 7.73. The van der Waals surface area contributed by atoms with Gasteiger partial charge in [-0.05, 0) is 92.5 Å². The largest absolute Gasteiger partial charge is 0.448 e. The van der Waals surface area contributed by atoms with E-state index in [0.717, 1.165) is 37.7 Å². The third-order valence-corrected chi connectivity index (χ3v) is 12.2. The molecule has 1 aromatic heterocycles. The average Bonchev–Trinajstić information content (AvgIpc) is 3.83. The zero-order valence-corrected chi connectivity index (χ0v) is 27.6. The van der Waals surface area contributed by atoms with Crippen molar-refractivity contribution in [3.63, 3.8) is 0 Å². The molecule has 1 aromatic carbocycles. The lowest BCUT2D eigenvalue weighted by atomic mass is 9.86. The van der Waals surface area contributed by atoms with Crippen molar-refractivity contribution in [3.8, 4) is 0 Å². The molecule has 4 fully saturated rings. The molecule has 3 aliphatic carbocycles. The van der Waals surface area contributed by atoms with Crippen molar-refractivity contribution >= 4 is 27.9 Å². The smallest absolute Gasteiger partial charge is 0.273 e. The number of oxazole rings is 1. The number of sulfonamides is 1. The summed E-state index contributed by atoms with van der Waals surface area (Å²) < 4.78 is 52.5. The lowest BCUT2D eigenvalue weighted by Gasteiger charge is -2.21. The Labute approximate surface area is 271 Å². The van der Waals surface area contributed by atoms with Crippen LogP contribution in [0.4, 0.5) is 4.39 Å². The topological polar surface area (TPSA) is 131 Å². The summed E-state index contributed by atoms with van der Waals surface area (Å²) >= 11 is 0. The van der Waals surface area contributed by atoms with Gasteiger partial charge in [-0.2, -0.15) is 0 Å². The number of rotatable bonds is 14. The van der Waals surface area contributed by atoms with Gasteiger partial charge in [0.05, 0.1) is 17.5 Å². The molecule has 2 heterocycles. The Bertz CT molecular complexity index is 1550. The van der Waals surface area contributed by atoms with E-state index < -0.39 is 27.0 Å². The molecule has 6 rings (SSSR count). The Hall–Kier alpha value is -3.05. The Kier molecular flexibility index (Phi) is 9.99. The highest BCUT2D eigenvalue weighted by Crippen LogP contribution is 2.64. The second-order valence-electron chi connectivity index (χ2n) is 13.9. The number of nitrogens with zero attached hydrogens (tertiary/aromatic N) is 1. The molecule has 0 spiro atoms. The number of hydrogen-bond donors (Lipinski definition) is 2. The molecule has 2 N–H and O–H groups in total. The molecule has 11 heteroatoms. The number of benzene rings is 1. The van der Waals surface area contributed by atoms with Crippen molar-refractivity contribution in [2.75, 3.05) is 6.54 Å². The maximum Gasteiger partial charge on any atom is 0.273 e. The number of fused-ring (bicyclic) bond motifs is 1. The van der Waals surface area contributed by atoms with Crippen molar-refractivity contribution in [2.24, 2.45) is 23.7 Å². The van der Waals surface area contributed by atoms with Crippen LogP contribution < -0.4 is 10.0 Å². The van der Waals surface area contributed by atoms with Crippen molar-refractivity contribution in [3.05, 3.63) is 59.1 Å². The van der Waals surface area contributed by atoms with E-state index in [1.54, 1.807) is 6.07 Å².